The number of amides is 1. The molecule has 0 bridgehead atoms. The minimum Gasteiger partial charge on any atom is -0.454 e. The number of ether oxygens (including phenoxy) is 2. The van der Waals surface area contributed by atoms with E-state index < -0.39 is 0 Å². The van der Waals surface area contributed by atoms with Crippen molar-refractivity contribution in [2.45, 2.75) is 25.6 Å². The van der Waals surface area contributed by atoms with E-state index >= 15 is 0 Å². The summed E-state index contributed by atoms with van der Waals surface area (Å²) in [5.41, 5.74) is 2.34. The fourth-order valence-electron chi connectivity index (χ4n) is 3.54. The summed E-state index contributed by atoms with van der Waals surface area (Å²) >= 11 is 1.80. The molecule has 0 saturated heterocycles. The standard InChI is InChI=1S/C20H18N2O3S/c23-20(22-9-12-5-6-16-17(7-12)25-11-24-16)15-8-19-14(10-21-15)13-3-1-2-4-18(13)26-19/h1-7,15,21H,8-11H2,(H,22,23). The van der Waals surface area contributed by atoms with Crippen molar-refractivity contribution in [3.05, 3.63) is 58.5 Å². The van der Waals surface area contributed by atoms with Crippen molar-refractivity contribution in [2.24, 2.45) is 0 Å². The van der Waals surface area contributed by atoms with Crippen molar-refractivity contribution >= 4 is 27.3 Å². The predicted octanol–water partition coefficient (Wildman–Crippen LogP) is 2.96. The highest BCUT2D eigenvalue weighted by Crippen LogP contribution is 2.34. The molecule has 2 aliphatic heterocycles. The van der Waals surface area contributed by atoms with Gasteiger partial charge in [-0.25, -0.2) is 0 Å². The average Bonchev–Trinajstić information content (AvgIpc) is 3.29. The van der Waals surface area contributed by atoms with Crippen LogP contribution in [0.15, 0.2) is 42.5 Å². The largest absolute Gasteiger partial charge is 0.454 e. The Hall–Kier alpha value is -2.57. The molecule has 0 saturated carbocycles. The summed E-state index contributed by atoms with van der Waals surface area (Å²) in [5.74, 6) is 1.53. The Morgan fingerprint density at radius 3 is 3.04 bits per heavy atom. The molecular weight excluding hydrogens is 348 g/mol. The van der Waals surface area contributed by atoms with Gasteiger partial charge in [0.05, 0.1) is 6.04 Å². The number of rotatable bonds is 3. The molecule has 2 aromatic carbocycles. The first-order chi connectivity index (χ1) is 12.8. The molecule has 5 rings (SSSR count). The van der Waals surface area contributed by atoms with Gasteiger partial charge in [-0.15, -0.1) is 11.3 Å². The molecule has 132 valence electrons. The predicted molar refractivity (Wildman–Crippen MR) is 101 cm³/mol. The molecule has 2 aliphatic rings. The van der Waals surface area contributed by atoms with Crippen LogP contribution in [0, 0.1) is 0 Å². The molecule has 6 heteroatoms. The lowest BCUT2D eigenvalue weighted by molar-refractivity contribution is -0.123. The van der Waals surface area contributed by atoms with E-state index in [1.165, 1.54) is 20.5 Å². The lowest BCUT2D eigenvalue weighted by atomic mass is 10.0. The maximum atomic E-state index is 12.6. The van der Waals surface area contributed by atoms with Gasteiger partial charge in [-0.3, -0.25) is 4.79 Å². The fraction of sp³-hybridized carbons (Fsp3) is 0.250. The Kier molecular flexibility index (Phi) is 3.80. The zero-order valence-electron chi connectivity index (χ0n) is 14.1. The number of hydrogen-bond donors (Lipinski definition) is 2. The number of hydrogen-bond acceptors (Lipinski definition) is 5. The van der Waals surface area contributed by atoms with Gasteiger partial charge in [0, 0.05) is 29.1 Å². The zero-order valence-corrected chi connectivity index (χ0v) is 14.9. The number of nitrogens with one attached hydrogen (secondary N) is 2. The molecule has 0 fully saturated rings. The van der Waals surface area contributed by atoms with Gasteiger partial charge in [0.25, 0.3) is 0 Å². The lowest BCUT2D eigenvalue weighted by Gasteiger charge is -2.23. The first-order valence-corrected chi connectivity index (χ1v) is 9.48. The van der Waals surface area contributed by atoms with Gasteiger partial charge < -0.3 is 20.1 Å². The van der Waals surface area contributed by atoms with E-state index in [4.69, 9.17) is 9.47 Å². The summed E-state index contributed by atoms with van der Waals surface area (Å²) in [6.07, 6.45) is 0.738. The second kappa shape index (κ2) is 6.30. The maximum Gasteiger partial charge on any atom is 0.237 e. The quantitative estimate of drug-likeness (QED) is 0.748. The van der Waals surface area contributed by atoms with E-state index in [1.807, 2.05) is 18.2 Å². The second-order valence-corrected chi connectivity index (χ2v) is 7.68. The molecule has 0 spiro atoms. The number of carbonyl (C=O) groups excluding carboxylic acids is 1. The van der Waals surface area contributed by atoms with Crippen LogP contribution in [0.1, 0.15) is 16.0 Å². The summed E-state index contributed by atoms with van der Waals surface area (Å²) < 4.78 is 12.0. The molecular formula is C20H18N2O3S. The van der Waals surface area contributed by atoms with Crippen LogP contribution in [0.2, 0.25) is 0 Å². The molecule has 3 heterocycles. The van der Waals surface area contributed by atoms with E-state index in [9.17, 15) is 4.79 Å². The summed E-state index contributed by atoms with van der Waals surface area (Å²) in [6, 6.07) is 14.0. The van der Waals surface area contributed by atoms with Gasteiger partial charge in [-0.2, -0.15) is 0 Å². The SMILES string of the molecule is O=C(NCc1ccc2c(c1)OCO2)C1Cc2sc3ccccc3c2CN1. The molecule has 1 amide bonds. The molecule has 3 aromatic rings. The Labute approximate surface area is 154 Å². The third-order valence-corrected chi connectivity index (χ3v) is 6.15. The summed E-state index contributed by atoms with van der Waals surface area (Å²) in [6.45, 7) is 1.48. The third kappa shape index (κ3) is 2.71. The molecule has 0 radical (unpaired) electrons. The molecule has 5 nitrogen and oxygen atoms in total. The number of benzene rings is 2. The highest BCUT2D eigenvalue weighted by molar-refractivity contribution is 7.19. The van der Waals surface area contributed by atoms with Crippen LogP contribution in [0.4, 0.5) is 0 Å². The van der Waals surface area contributed by atoms with Crippen LogP contribution < -0.4 is 20.1 Å². The van der Waals surface area contributed by atoms with Crippen molar-refractivity contribution < 1.29 is 14.3 Å². The van der Waals surface area contributed by atoms with Crippen LogP contribution in [0.5, 0.6) is 11.5 Å². The van der Waals surface area contributed by atoms with Crippen LogP contribution in [0.25, 0.3) is 10.1 Å². The monoisotopic (exact) mass is 366 g/mol. The molecule has 1 unspecified atom stereocenters. The fourth-order valence-corrected chi connectivity index (χ4v) is 4.81. The van der Waals surface area contributed by atoms with E-state index in [2.05, 4.69) is 34.9 Å². The zero-order chi connectivity index (χ0) is 17.5. The van der Waals surface area contributed by atoms with E-state index in [0.29, 0.717) is 6.54 Å². The normalized spacial score (nSPS) is 17.9. The van der Waals surface area contributed by atoms with Gasteiger partial charge >= 0.3 is 0 Å². The van der Waals surface area contributed by atoms with Crippen LogP contribution in [-0.2, 0) is 24.3 Å². The molecule has 2 N–H and O–H groups in total. The highest BCUT2D eigenvalue weighted by atomic mass is 32.1. The minimum atomic E-state index is -0.190. The van der Waals surface area contributed by atoms with E-state index in [1.54, 1.807) is 11.3 Å². The van der Waals surface area contributed by atoms with E-state index in [-0.39, 0.29) is 18.7 Å². The molecule has 26 heavy (non-hydrogen) atoms. The van der Waals surface area contributed by atoms with Gasteiger partial charge in [-0.1, -0.05) is 24.3 Å². The minimum absolute atomic E-state index is 0.0331. The van der Waals surface area contributed by atoms with Crippen molar-refractivity contribution in [2.75, 3.05) is 6.79 Å². The third-order valence-electron chi connectivity index (χ3n) is 4.92. The van der Waals surface area contributed by atoms with Crippen molar-refractivity contribution in [3.63, 3.8) is 0 Å². The highest BCUT2D eigenvalue weighted by Gasteiger charge is 2.26. The topological polar surface area (TPSA) is 59.6 Å². The summed E-state index contributed by atoms with van der Waals surface area (Å²) in [5, 5.41) is 7.72. The van der Waals surface area contributed by atoms with Crippen molar-refractivity contribution in [1.29, 1.82) is 0 Å². The first kappa shape index (κ1) is 15.7. The van der Waals surface area contributed by atoms with Crippen LogP contribution >= 0.6 is 11.3 Å². The molecule has 1 atom stereocenters. The van der Waals surface area contributed by atoms with Gasteiger partial charge in [0.2, 0.25) is 12.7 Å². The Bertz CT molecular complexity index is 998. The second-order valence-electron chi connectivity index (χ2n) is 6.54. The Balaban J connectivity index is 1.26. The summed E-state index contributed by atoms with van der Waals surface area (Å²) in [4.78, 5) is 13.9. The Morgan fingerprint density at radius 1 is 1.19 bits per heavy atom. The van der Waals surface area contributed by atoms with Crippen LogP contribution in [0.3, 0.4) is 0 Å². The summed E-state index contributed by atoms with van der Waals surface area (Å²) in [7, 11) is 0. The number of carbonyl (C=O) groups is 1. The maximum absolute atomic E-state index is 12.6. The van der Waals surface area contributed by atoms with Crippen molar-refractivity contribution in [3.8, 4) is 11.5 Å². The van der Waals surface area contributed by atoms with E-state index in [0.717, 1.165) is 30.0 Å². The Morgan fingerprint density at radius 2 is 2.08 bits per heavy atom. The average molecular weight is 366 g/mol. The first-order valence-electron chi connectivity index (χ1n) is 8.67. The number of fused-ring (bicyclic) bond motifs is 4. The molecule has 0 aliphatic carbocycles. The smallest absolute Gasteiger partial charge is 0.237 e. The van der Waals surface area contributed by atoms with Crippen LogP contribution in [-0.4, -0.2) is 18.7 Å². The molecule has 1 aromatic heterocycles. The number of thiophene rings is 1. The van der Waals surface area contributed by atoms with Crippen molar-refractivity contribution in [1.82, 2.24) is 10.6 Å². The van der Waals surface area contributed by atoms with Gasteiger partial charge in [-0.05, 0) is 34.7 Å². The van der Waals surface area contributed by atoms with Gasteiger partial charge in [0.1, 0.15) is 0 Å². The van der Waals surface area contributed by atoms with Gasteiger partial charge in [0.15, 0.2) is 11.5 Å². The lowest BCUT2D eigenvalue weighted by Crippen LogP contribution is -2.47.